The molecule has 0 unspecified atom stereocenters. The number of benzene rings is 2. The van der Waals surface area contributed by atoms with E-state index in [-0.39, 0.29) is 30.2 Å². The lowest BCUT2D eigenvalue weighted by Crippen LogP contribution is -2.22. The monoisotopic (exact) mass is 459 g/mol. The highest BCUT2D eigenvalue weighted by molar-refractivity contribution is 5.59. The summed E-state index contributed by atoms with van der Waals surface area (Å²) in [4.78, 5) is 4.31. The van der Waals surface area contributed by atoms with Crippen molar-refractivity contribution in [3.63, 3.8) is 0 Å². The maximum Gasteiger partial charge on any atom is 0.573 e. The van der Waals surface area contributed by atoms with Gasteiger partial charge in [-0.05, 0) is 42.0 Å². The molecule has 2 aromatic heterocycles. The third kappa shape index (κ3) is 4.37. The molecule has 4 aromatic rings. The topological polar surface area (TPSA) is 97.3 Å². The molecule has 170 valence electrons. The molecule has 0 saturated carbocycles. The van der Waals surface area contributed by atoms with E-state index in [2.05, 4.69) is 25.2 Å². The van der Waals surface area contributed by atoms with Crippen LogP contribution in [0.3, 0.4) is 0 Å². The quantitative estimate of drug-likeness (QED) is 0.439. The van der Waals surface area contributed by atoms with Crippen LogP contribution in [0.25, 0.3) is 23.0 Å². The summed E-state index contributed by atoms with van der Waals surface area (Å²) in [5.74, 6) is 0.741. The number of halogens is 3. The first-order chi connectivity index (χ1) is 15.9. The van der Waals surface area contributed by atoms with E-state index >= 15 is 0 Å². The van der Waals surface area contributed by atoms with Gasteiger partial charge in [-0.25, -0.2) is 4.68 Å². The molecule has 1 atom stereocenters. The number of methoxy groups -OCH3 is 1. The molecule has 5 rings (SSSR count). The Labute approximate surface area is 184 Å². The molecule has 0 amide bonds. The van der Waals surface area contributed by atoms with Gasteiger partial charge in [-0.2, -0.15) is 4.98 Å². The van der Waals surface area contributed by atoms with Gasteiger partial charge < -0.3 is 18.7 Å². The van der Waals surface area contributed by atoms with Crippen LogP contribution in [0.5, 0.6) is 11.5 Å². The number of rotatable bonds is 5. The third-order valence-corrected chi connectivity index (χ3v) is 5.06. The average Bonchev–Trinajstić information content (AvgIpc) is 3.45. The Bertz CT molecular complexity index is 1250. The van der Waals surface area contributed by atoms with E-state index in [1.165, 1.54) is 24.3 Å². The molecule has 9 nitrogen and oxygen atoms in total. The number of aromatic nitrogens is 5. The maximum atomic E-state index is 12.3. The predicted octanol–water partition coefficient (Wildman–Crippen LogP) is 4.17. The smallest absolute Gasteiger partial charge is 0.497 e. The van der Waals surface area contributed by atoms with E-state index in [4.69, 9.17) is 14.0 Å². The first-order valence-electron chi connectivity index (χ1n) is 9.78. The fourth-order valence-electron chi connectivity index (χ4n) is 3.44. The van der Waals surface area contributed by atoms with Gasteiger partial charge in [0.15, 0.2) is 5.69 Å². The lowest BCUT2D eigenvalue weighted by molar-refractivity contribution is -0.274. The van der Waals surface area contributed by atoms with E-state index in [1.54, 1.807) is 11.8 Å². The predicted molar refractivity (Wildman–Crippen MR) is 106 cm³/mol. The Balaban J connectivity index is 1.33. The van der Waals surface area contributed by atoms with Gasteiger partial charge in [0, 0.05) is 5.56 Å². The Morgan fingerprint density at radius 1 is 1.03 bits per heavy atom. The van der Waals surface area contributed by atoms with Crippen LogP contribution in [-0.4, -0.2) is 38.6 Å². The molecule has 0 aliphatic carbocycles. The van der Waals surface area contributed by atoms with Gasteiger partial charge in [0.25, 0.3) is 5.89 Å². The highest BCUT2D eigenvalue weighted by atomic mass is 19.4. The van der Waals surface area contributed by atoms with Crippen molar-refractivity contribution in [3.05, 3.63) is 59.8 Å². The summed E-state index contributed by atoms with van der Waals surface area (Å²) >= 11 is 0. The van der Waals surface area contributed by atoms with Crippen molar-refractivity contribution in [2.24, 2.45) is 0 Å². The highest BCUT2D eigenvalue weighted by Gasteiger charge is 2.31. The third-order valence-electron chi connectivity index (χ3n) is 5.06. The van der Waals surface area contributed by atoms with Crippen molar-refractivity contribution in [2.75, 3.05) is 7.11 Å². The summed E-state index contributed by atoms with van der Waals surface area (Å²) in [6.07, 6.45) is -4.96. The number of nitrogens with zero attached hydrogens (tertiary/aromatic N) is 5. The summed E-state index contributed by atoms with van der Waals surface area (Å²) in [6.45, 7) is 0.691. The van der Waals surface area contributed by atoms with E-state index < -0.39 is 6.36 Å². The van der Waals surface area contributed by atoms with Gasteiger partial charge in [0.1, 0.15) is 17.6 Å². The normalized spacial score (nSPS) is 15.8. The lowest BCUT2D eigenvalue weighted by atomic mass is 10.1. The molecule has 0 spiro atoms. The molecule has 0 radical (unpaired) electrons. The van der Waals surface area contributed by atoms with Crippen molar-refractivity contribution >= 4 is 0 Å². The Kier molecular flexibility index (Phi) is 5.21. The summed E-state index contributed by atoms with van der Waals surface area (Å²) in [7, 11) is 1.61. The summed E-state index contributed by atoms with van der Waals surface area (Å²) < 4.78 is 59.0. The SMILES string of the molecule is COc1ccc([C@H]2Cn3nnc(-c4nc(-c5ccc(OC(F)(F)F)cc5)no4)c3CO2)cc1. The minimum atomic E-state index is -4.76. The molecule has 12 heteroatoms. The lowest BCUT2D eigenvalue weighted by Gasteiger charge is -2.24. The maximum absolute atomic E-state index is 12.3. The van der Waals surface area contributed by atoms with E-state index in [1.807, 2.05) is 24.3 Å². The molecule has 0 fully saturated rings. The van der Waals surface area contributed by atoms with Gasteiger partial charge in [-0.1, -0.05) is 22.5 Å². The number of hydrogen-bond donors (Lipinski definition) is 0. The highest BCUT2D eigenvalue weighted by Crippen LogP contribution is 2.32. The zero-order valence-corrected chi connectivity index (χ0v) is 17.1. The van der Waals surface area contributed by atoms with Crippen molar-refractivity contribution in [3.8, 4) is 34.5 Å². The second kappa shape index (κ2) is 8.20. The molecule has 0 N–H and O–H groups in total. The molecule has 1 aliphatic heterocycles. The Hall–Kier alpha value is -3.93. The number of ether oxygens (including phenoxy) is 3. The zero-order valence-electron chi connectivity index (χ0n) is 17.1. The van der Waals surface area contributed by atoms with Crippen LogP contribution in [0.15, 0.2) is 53.1 Å². The first kappa shape index (κ1) is 20.9. The summed E-state index contributed by atoms with van der Waals surface area (Å²) in [6, 6.07) is 12.7. The number of alkyl halides is 3. The Morgan fingerprint density at radius 3 is 2.45 bits per heavy atom. The molecule has 0 saturated heterocycles. The van der Waals surface area contributed by atoms with Crippen LogP contribution in [0.2, 0.25) is 0 Å². The van der Waals surface area contributed by atoms with Crippen molar-refractivity contribution in [1.82, 2.24) is 25.1 Å². The molecule has 1 aliphatic rings. The standard InChI is InChI=1S/C21H16F3N5O4/c1-30-14-6-2-12(3-7-14)17-10-29-16(11-31-17)18(26-28-29)20-25-19(27-33-20)13-4-8-15(9-5-13)32-21(22,23)24/h2-9,17H,10-11H2,1H3/t17-/m1/s1. The second-order valence-electron chi connectivity index (χ2n) is 7.13. The molecular formula is C21H16F3N5O4. The van der Waals surface area contributed by atoms with Crippen molar-refractivity contribution < 1.29 is 31.9 Å². The fraction of sp³-hybridized carbons (Fsp3) is 0.238. The zero-order chi connectivity index (χ0) is 23.0. The molecule has 33 heavy (non-hydrogen) atoms. The summed E-state index contributed by atoms with van der Waals surface area (Å²) in [5.41, 5.74) is 2.51. The van der Waals surface area contributed by atoms with Crippen LogP contribution in [-0.2, 0) is 17.9 Å². The molecule has 3 heterocycles. The van der Waals surface area contributed by atoms with Gasteiger partial charge in [-0.15, -0.1) is 18.3 Å². The van der Waals surface area contributed by atoms with E-state index in [0.717, 1.165) is 11.3 Å². The largest absolute Gasteiger partial charge is 0.573 e. The minimum absolute atomic E-state index is 0.133. The Morgan fingerprint density at radius 2 is 1.76 bits per heavy atom. The van der Waals surface area contributed by atoms with Crippen LogP contribution in [0.1, 0.15) is 17.4 Å². The van der Waals surface area contributed by atoms with Crippen LogP contribution in [0, 0.1) is 0 Å². The van der Waals surface area contributed by atoms with Crippen LogP contribution >= 0.6 is 0 Å². The van der Waals surface area contributed by atoms with E-state index in [0.29, 0.717) is 23.5 Å². The average molecular weight is 459 g/mol. The number of fused-ring (bicyclic) bond motifs is 1. The van der Waals surface area contributed by atoms with E-state index in [9.17, 15) is 13.2 Å². The molecule has 0 bridgehead atoms. The molecule has 2 aromatic carbocycles. The first-order valence-corrected chi connectivity index (χ1v) is 9.78. The van der Waals surface area contributed by atoms with Crippen LogP contribution in [0.4, 0.5) is 13.2 Å². The minimum Gasteiger partial charge on any atom is -0.497 e. The second-order valence-corrected chi connectivity index (χ2v) is 7.13. The number of hydrogen-bond acceptors (Lipinski definition) is 8. The van der Waals surface area contributed by atoms with Gasteiger partial charge in [0.05, 0.1) is 26.0 Å². The van der Waals surface area contributed by atoms with Gasteiger partial charge >= 0.3 is 6.36 Å². The molecular weight excluding hydrogens is 443 g/mol. The fourth-order valence-corrected chi connectivity index (χ4v) is 3.44. The summed E-state index contributed by atoms with van der Waals surface area (Å²) in [5, 5.41) is 12.2. The van der Waals surface area contributed by atoms with Gasteiger partial charge in [-0.3, -0.25) is 0 Å². The van der Waals surface area contributed by atoms with Crippen LogP contribution < -0.4 is 9.47 Å². The van der Waals surface area contributed by atoms with Crippen molar-refractivity contribution in [2.45, 2.75) is 25.6 Å². The van der Waals surface area contributed by atoms with Crippen molar-refractivity contribution in [1.29, 1.82) is 0 Å². The van der Waals surface area contributed by atoms with Gasteiger partial charge in [0.2, 0.25) is 5.82 Å².